The van der Waals surface area contributed by atoms with Crippen molar-refractivity contribution in [3.63, 3.8) is 0 Å². The molecule has 0 N–H and O–H groups in total. The van der Waals surface area contributed by atoms with Gasteiger partial charge < -0.3 is 9.80 Å². The lowest BCUT2D eigenvalue weighted by molar-refractivity contribution is -0.131. The Bertz CT molecular complexity index is 862. The number of nitriles is 1. The molecule has 0 atom stereocenters. The Labute approximate surface area is 159 Å². The molecule has 2 heterocycles. The van der Waals surface area contributed by atoms with Gasteiger partial charge in [0.1, 0.15) is 11.9 Å². The summed E-state index contributed by atoms with van der Waals surface area (Å²) in [6, 6.07) is 13.1. The van der Waals surface area contributed by atoms with Gasteiger partial charge in [0.2, 0.25) is 5.91 Å². The van der Waals surface area contributed by atoms with Gasteiger partial charge in [0.15, 0.2) is 5.78 Å². The molecule has 1 aromatic carbocycles. The van der Waals surface area contributed by atoms with Crippen LogP contribution in [0.15, 0.2) is 42.6 Å². The second kappa shape index (κ2) is 8.45. The maximum atomic E-state index is 12.4. The van der Waals surface area contributed by atoms with Crippen LogP contribution in [0.3, 0.4) is 0 Å². The molecular formula is C21H22N4O2. The van der Waals surface area contributed by atoms with E-state index in [9.17, 15) is 14.9 Å². The van der Waals surface area contributed by atoms with Crippen LogP contribution in [0.4, 0.5) is 5.82 Å². The van der Waals surface area contributed by atoms with Crippen molar-refractivity contribution >= 4 is 17.5 Å². The van der Waals surface area contributed by atoms with Gasteiger partial charge in [0.05, 0.1) is 5.56 Å². The predicted octanol–water partition coefficient (Wildman–Crippen LogP) is 2.57. The Hall–Kier alpha value is -3.20. The minimum atomic E-state index is -0.00543. The number of carbonyl (C=O) groups is 2. The van der Waals surface area contributed by atoms with Crippen molar-refractivity contribution in [2.24, 2.45) is 0 Å². The van der Waals surface area contributed by atoms with Crippen LogP contribution in [-0.4, -0.2) is 47.8 Å². The molecule has 1 fully saturated rings. The fraction of sp³-hybridized carbons (Fsp3) is 0.333. The average Bonchev–Trinajstić information content (AvgIpc) is 2.72. The number of rotatable bonds is 5. The molecule has 0 saturated carbocycles. The van der Waals surface area contributed by atoms with Gasteiger partial charge in [0.25, 0.3) is 0 Å². The summed E-state index contributed by atoms with van der Waals surface area (Å²) in [6.07, 6.45) is 2.12. The molecule has 0 aliphatic carbocycles. The molecule has 2 aromatic rings. The van der Waals surface area contributed by atoms with Crippen LogP contribution in [0.1, 0.15) is 34.3 Å². The topological polar surface area (TPSA) is 77.3 Å². The first-order chi connectivity index (χ1) is 13.1. The van der Waals surface area contributed by atoms with Crippen molar-refractivity contribution in [3.8, 4) is 6.07 Å². The zero-order valence-electron chi connectivity index (χ0n) is 15.4. The second-order valence-corrected chi connectivity index (χ2v) is 6.64. The molecule has 1 saturated heterocycles. The number of aromatic nitrogens is 1. The molecule has 1 amide bonds. The first-order valence-electron chi connectivity index (χ1n) is 9.06. The van der Waals surface area contributed by atoms with E-state index >= 15 is 0 Å². The minimum Gasteiger partial charge on any atom is -0.352 e. The van der Waals surface area contributed by atoms with Crippen molar-refractivity contribution in [1.82, 2.24) is 9.88 Å². The summed E-state index contributed by atoms with van der Waals surface area (Å²) >= 11 is 0. The van der Waals surface area contributed by atoms with Crippen molar-refractivity contribution < 1.29 is 9.59 Å². The zero-order valence-corrected chi connectivity index (χ0v) is 15.4. The van der Waals surface area contributed by atoms with Gasteiger partial charge in [-0.05, 0) is 19.1 Å². The number of carbonyl (C=O) groups excluding carboxylic acids is 2. The van der Waals surface area contributed by atoms with Crippen molar-refractivity contribution in [2.45, 2.75) is 19.8 Å². The lowest BCUT2D eigenvalue weighted by atomic mass is 10.0. The zero-order chi connectivity index (χ0) is 19.2. The van der Waals surface area contributed by atoms with Crippen molar-refractivity contribution in [3.05, 3.63) is 59.3 Å². The largest absolute Gasteiger partial charge is 0.352 e. The van der Waals surface area contributed by atoms with Gasteiger partial charge in [-0.25, -0.2) is 4.98 Å². The third-order valence-corrected chi connectivity index (χ3v) is 4.78. The SMILES string of the molecule is Cc1ccc(C(=O)CCC(=O)N2CCN(c3ncccc3C#N)CC2)cc1. The Kier molecular flexibility index (Phi) is 5.82. The van der Waals surface area contributed by atoms with Crippen LogP contribution in [0.25, 0.3) is 0 Å². The first-order valence-corrected chi connectivity index (χ1v) is 9.06. The first kappa shape index (κ1) is 18.6. The van der Waals surface area contributed by atoms with E-state index in [1.165, 1.54) is 0 Å². The van der Waals surface area contributed by atoms with Crippen LogP contribution >= 0.6 is 0 Å². The molecule has 3 rings (SSSR count). The molecule has 1 aromatic heterocycles. The average molecular weight is 362 g/mol. The lowest BCUT2D eigenvalue weighted by Gasteiger charge is -2.35. The number of hydrogen-bond acceptors (Lipinski definition) is 5. The number of nitrogens with zero attached hydrogens (tertiary/aromatic N) is 4. The number of hydrogen-bond donors (Lipinski definition) is 0. The number of piperazine rings is 1. The molecule has 1 aliphatic rings. The van der Waals surface area contributed by atoms with Crippen LogP contribution in [-0.2, 0) is 4.79 Å². The van der Waals surface area contributed by atoms with Gasteiger partial charge >= 0.3 is 0 Å². The highest BCUT2D eigenvalue weighted by Crippen LogP contribution is 2.18. The summed E-state index contributed by atoms with van der Waals surface area (Å²) in [6.45, 7) is 4.37. The van der Waals surface area contributed by atoms with Crippen LogP contribution in [0.2, 0.25) is 0 Å². The standard InChI is InChI=1S/C21H22N4O2/c1-16-4-6-17(7-5-16)19(26)8-9-20(27)24-11-13-25(14-12-24)21-18(15-22)3-2-10-23-21/h2-7,10H,8-9,11-14H2,1H3. The lowest BCUT2D eigenvalue weighted by Crippen LogP contribution is -2.49. The third-order valence-electron chi connectivity index (χ3n) is 4.78. The van der Waals surface area contributed by atoms with Gasteiger partial charge in [-0.3, -0.25) is 9.59 Å². The molecule has 0 unspecified atom stereocenters. The molecule has 6 heteroatoms. The Morgan fingerprint density at radius 3 is 2.44 bits per heavy atom. The molecular weight excluding hydrogens is 340 g/mol. The molecule has 1 aliphatic heterocycles. The molecule has 0 bridgehead atoms. The smallest absolute Gasteiger partial charge is 0.223 e. The van der Waals surface area contributed by atoms with Crippen molar-refractivity contribution in [1.29, 1.82) is 5.26 Å². The number of anilines is 1. The summed E-state index contributed by atoms with van der Waals surface area (Å²) < 4.78 is 0. The summed E-state index contributed by atoms with van der Waals surface area (Å²) in [5.74, 6) is 0.660. The molecule has 0 spiro atoms. The summed E-state index contributed by atoms with van der Waals surface area (Å²) in [7, 11) is 0. The highest BCUT2D eigenvalue weighted by molar-refractivity contribution is 5.98. The second-order valence-electron chi connectivity index (χ2n) is 6.64. The van der Waals surface area contributed by atoms with Gasteiger partial charge in [-0.2, -0.15) is 5.26 Å². The number of Topliss-reactive ketones (excluding diaryl/α,β-unsaturated/α-hetero) is 1. The number of ketones is 1. The van der Waals surface area contributed by atoms with E-state index in [1.54, 1.807) is 35.4 Å². The van der Waals surface area contributed by atoms with Gasteiger partial charge in [-0.15, -0.1) is 0 Å². The minimum absolute atomic E-state index is 0.00311. The van der Waals surface area contributed by atoms with Gasteiger partial charge in [-0.1, -0.05) is 29.8 Å². The summed E-state index contributed by atoms with van der Waals surface area (Å²) in [4.78, 5) is 32.8. The van der Waals surface area contributed by atoms with E-state index in [0.717, 1.165) is 5.56 Å². The van der Waals surface area contributed by atoms with E-state index in [4.69, 9.17) is 0 Å². The van der Waals surface area contributed by atoms with E-state index in [2.05, 4.69) is 11.1 Å². The number of amides is 1. The Balaban J connectivity index is 1.50. The van der Waals surface area contributed by atoms with E-state index in [-0.39, 0.29) is 24.5 Å². The highest BCUT2D eigenvalue weighted by atomic mass is 16.2. The number of pyridine rings is 1. The van der Waals surface area contributed by atoms with Crippen LogP contribution in [0, 0.1) is 18.3 Å². The quantitative estimate of drug-likeness (QED) is 0.764. The monoisotopic (exact) mass is 362 g/mol. The number of benzene rings is 1. The Morgan fingerprint density at radius 2 is 1.78 bits per heavy atom. The normalized spacial score (nSPS) is 13.9. The molecule has 138 valence electrons. The van der Waals surface area contributed by atoms with E-state index in [1.807, 2.05) is 24.0 Å². The third kappa shape index (κ3) is 4.50. The predicted molar refractivity (Wildman–Crippen MR) is 102 cm³/mol. The van der Waals surface area contributed by atoms with E-state index in [0.29, 0.717) is 43.1 Å². The van der Waals surface area contributed by atoms with Crippen molar-refractivity contribution in [2.75, 3.05) is 31.1 Å². The fourth-order valence-electron chi connectivity index (χ4n) is 3.17. The fourth-order valence-corrected chi connectivity index (χ4v) is 3.17. The maximum absolute atomic E-state index is 12.4. The molecule has 0 radical (unpaired) electrons. The van der Waals surface area contributed by atoms with E-state index < -0.39 is 0 Å². The molecule has 27 heavy (non-hydrogen) atoms. The maximum Gasteiger partial charge on any atom is 0.223 e. The number of aryl methyl sites for hydroxylation is 1. The van der Waals surface area contributed by atoms with Gasteiger partial charge in [0, 0.05) is 50.8 Å². The molecule has 6 nitrogen and oxygen atoms in total. The highest BCUT2D eigenvalue weighted by Gasteiger charge is 2.23. The van der Waals surface area contributed by atoms with Crippen LogP contribution in [0.5, 0.6) is 0 Å². The summed E-state index contributed by atoms with van der Waals surface area (Å²) in [5.41, 5.74) is 2.30. The summed E-state index contributed by atoms with van der Waals surface area (Å²) in [5, 5.41) is 9.21. The van der Waals surface area contributed by atoms with Crippen LogP contribution < -0.4 is 4.90 Å². The Morgan fingerprint density at radius 1 is 1.07 bits per heavy atom.